The van der Waals surface area contributed by atoms with Crippen molar-refractivity contribution >= 4 is 38.5 Å². The van der Waals surface area contributed by atoms with Crippen LogP contribution in [0, 0.1) is 0 Å². The molecule has 32 heavy (non-hydrogen) atoms. The lowest BCUT2D eigenvalue weighted by Crippen LogP contribution is -2.38. The molecule has 0 radical (unpaired) electrons. The lowest BCUT2D eigenvalue weighted by atomic mass is 9.96. The Hall–Kier alpha value is -2.80. The van der Waals surface area contributed by atoms with E-state index in [1.807, 2.05) is 27.9 Å². The van der Waals surface area contributed by atoms with E-state index in [-0.39, 0.29) is 11.9 Å². The van der Waals surface area contributed by atoms with Crippen LogP contribution in [0.1, 0.15) is 78.5 Å². The van der Waals surface area contributed by atoms with Crippen LogP contribution in [0.3, 0.4) is 0 Å². The van der Waals surface area contributed by atoms with Gasteiger partial charge in [-0.3, -0.25) is 4.79 Å². The molecule has 6 rings (SSSR count). The van der Waals surface area contributed by atoms with Crippen LogP contribution in [0.25, 0.3) is 21.3 Å². The quantitative estimate of drug-likeness (QED) is 0.415. The molecule has 1 aliphatic heterocycles. The highest BCUT2D eigenvalue weighted by Crippen LogP contribution is 2.41. The van der Waals surface area contributed by atoms with Crippen LogP contribution in [0.15, 0.2) is 36.5 Å². The molecule has 1 saturated carbocycles. The van der Waals surface area contributed by atoms with Crippen molar-refractivity contribution in [2.24, 2.45) is 0 Å². The molecule has 0 spiro atoms. The number of nitrogens with zero attached hydrogens (tertiary/aromatic N) is 5. The van der Waals surface area contributed by atoms with Gasteiger partial charge in [-0.25, -0.2) is 14.6 Å². The van der Waals surface area contributed by atoms with Gasteiger partial charge in [0, 0.05) is 36.7 Å². The Kier molecular flexibility index (Phi) is 4.75. The van der Waals surface area contributed by atoms with Crippen molar-refractivity contribution in [2.45, 2.75) is 57.4 Å². The molecule has 0 atom stereocenters. The van der Waals surface area contributed by atoms with Crippen LogP contribution >= 0.6 is 11.3 Å². The van der Waals surface area contributed by atoms with Crippen molar-refractivity contribution in [1.29, 1.82) is 0 Å². The normalized spacial score (nSPS) is 17.7. The summed E-state index contributed by atoms with van der Waals surface area (Å²) in [6.45, 7) is 5.74. The summed E-state index contributed by atoms with van der Waals surface area (Å²) < 4.78 is 3.19. The van der Waals surface area contributed by atoms with Crippen LogP contribution < -0.4 is 0 Å². The second-order valence-corrected chi connectivity index (χ2v) is 10.4. The third kappa shape index (κ3) is 3.39. The number of amides is 1. The maximum absolute atomic E-state index is 13.6. The molecule has 2 fully saturated rings. The molecule has 1 aromatic carbocycles. The first-order chi connectivity index (χ1) is 15.6. The maximum Gasteiger partial charge on any atom is 0.254 e. The zero-order chi connectivity index (χ0) is 21.8. The van der Waals surface area contributed by atoms with Crippen LogP contribution in [-0.2, 0) is 0 Å². The lowest BCUT2D eigenvalue weighted by molar-refractivity contribution is 0.0715. The van der Waals surface area contributed by atoms with Gasteiger partial charge in [-0.2, -0.15) is 5.10 Å². The van der Waals surface area contributed by atoms with Gasteiger partial charge in [0.2, 0.25) is 0 Å². The van der Waals surface area contributed by atoms with Gasteiger partial charge < -0.3 is 4.90 Å². The predicted molar refractivity (Wildman–Crippen MR) is 127 cm³/mol. The molecule has 0 unspecified atom stereocenters. The molecule has 1 amide bonds. The van der Waals surface area contributed by atoms with E-state index in [1.165, 1.54) is 9.71 Å². The minimum atomic E-state index is 0.116. The molecule has 3 aromatic heterocycles. The van der Waals surface area contributed by atoms with Crippen LogP contribution in [0.5, 0.6) is 0 Å². The summed E-state index contributed by atoms with van der Waals surface area (Å²) >= 11 is 1.80. The fourth-order valence-corrected chi connectivity index (χ4v) is 5.88. The number of hydrogen-bond acceptors (Lipinski definition) is 5. The van der Waals surface area contributed by atoms with Crippen molar-refractivity contribution in [3.05, 3.63) is 52.8 Å². The van der Waals surface area contributed by atoms with Gasteiger partial charge in [-0.05, 0) is 57.7 Å². The smallest absolute Gasteiger partial charge is 0.254 e. The van der Waals surface area contributed by atoms with Gasteiger partial charge in [-0.15, -0.1) is 11.3 Å². The summed E-state index contributed by atoms with van der Waals surface area (Å²) in [5, 5.41) is 6.64. The number of pyridine rings is 1. The van der Waals surface area contributed by atoms with E-state index in [0.29, 0.717) is 11.8 Å². The van der Waals surface area contributed by atoms with Crippen LogP contribution in [0.2, 0.25) is 0 Å². The summed E-state index contributed by atoms with van der Waals surface area (Å²) in [6, 6.07) is 10.6. The summed E-state index contributed by atoms with van der Waals surface area (Å²) in [5.74, 6) is 1.04. The molecule has 0 N–H and O–H groups in total. The number of carbonyl (C=O) groups is 1. The fourth-order valence-electron chi connectivity index (χ4n) is 4.75. The molecule has 4 aromatic rings. The Balaban J connectivity index is 1.26. The highest BCUT2D eigenvalue weighted by molar-refractivity contribution is 7.18. The van der Waals surface area contributed by atoms with E-state index >= 15 is 0 Å². The van der Waals surface area contributed by atoms with E-state index in [4.69, 9.17) is 9.97 Å². The Labute approximate surface area is 191 Å². The summed E-state index contributed by atoms with van der Waals surface area (Å²) in [4.78, 5) is 25.4. The highest BCUT2D eigenvalue weighted by Gasteiger charge is 2.31. The molecular formula is C25H27N5OS. The van der Waals surface area contributed by atoms with Gasteiger partial charge in [0.25, 0.3) is 5.91 Å². The zero-order valence-corrected chi connectivity index (χ0v) is 19.3. The first-order valence-electron chi connectivity index (χ1n) is 11.6. The van der Waals surface area contributed by atoms with Crippen LogP contribution in [0.4, 0.5) is 0 Å². The van der Waals surface area contributed by atoms with Gasteiger partial charge in [0.05, 0.1) is 32.4 Å². The third-order valence-electron chi connectivity index (χ3n) is 6.74. The maximum atomic E-state index is 13.6. The van der Waals surface area contributed by atoms with Crippen LogP contribution in [-0.4, -0.2) is 43.6 Å². The van der Waals surface area contributed by atoms with Gasteiger partial charge in [0.1, 0.15) is 0 Å². The van der Waals surface area contributed by atoms with Crippen molar-refractivity contribution in [3.8, 4) is 0 Å². The Bertz CT molecular complexity index is 1280. The third-order valence-corrected chi connectivity index (χ3v) is 7.94. The molecule has 7 heteroatoms. The number of aromatic nitrogens is 4. The lowest BCUT2D eigenvalue weighted by Gasteiger charge is -2.31. The van der Waals surface area contributed by atoms with E-state index in [1.54, 1.807) is 11.3 Å². The molecule has 2 aliphatic rings. The Morgan fingerprint density at radius 2 is 1.84 bits per heavy atom. The average molecular weight is 446 g/mol. The molecule has 6 nitrogen and oxygen atoms in total. The summed E-state index contributed by atoms with van der Waals surface area (Å²) in [7, 11) is 0. The number of para-hydroxylation sites is 1. The van der Waals surface area contributed by atoms with Gasteiger partial charge >= 0.3 is 0 Å². The van der Waals surface area contributed by atoms with Crippen molar-refractivity contribution < 1.29 is 4.79 Å². The number of piperidine rings is 1. The molecule has 164 valence electrons. The number of benzene rings is 1. The second kappa shape index (κ2) is 7.66. The number of carbonyl (C=O) groups excluding carboxylic acids is 1. The van der Waals surface area contributed by atoms with Gasteiger partial charge in [-0.1, -0.05) is 12.1 Å². The average Bonchev–Trinajstić information content (AvgIpc) is 3.42. The number of rotatable bonds is 4. The monoisotopic (exact) mass is 445 g/mol. The molecule has 4 heterocycles. The summed E-state index contributed by atoms with van der Waals surface area (Å²) in [5.41, 5.74) is 3.74. The zero-order valence-electron chi connectivity index (χ0n) is 18.5. The molecule has 1 aliphatic carbocycles. The van der Waals surface area contributed by atoms with Gasteiger partial charge in [0.15, 0.2) is 5.65 Å². The van der Waals surface area contributed by atoms with Crippen molar-refractivity contribution in [1.82, 2.24) is 24.6 Å². The van der Waals surface area contributed by atoms with E-state index in [9.17, 15) is 4.79 Å². The minimum absolute atomic E-state index is 0.116. The highest BCUT2D eigenvalue weighted by atomic mass is 32.1. The largest absolute Gasteiger partial charge is 0.339 e. The minimum Gasteiger partial charge on any atom is -0.339 e. The number of hydrogen-bond donors (Lipinski definition) is 0. The van der Waals surface area contributed by atoms with Crippen molar-refractivity contribution in [2.75, 3.05) is 13.1 Å². The summed E-state index contributed by atoms with van der Waals surface area (Å²) in [6.07, 6.45) is 6.06. The Morgan fingerprint density at radius 3 is 2.56 bits per heavy atom. The standard InChI is InChI=1S/C25H27N5OS/c1-15(2)30-23-19(14-26-30)18(13-21(27-23)16-7-8-16)25(31)29-11-9-17(10-12-29)24-28-20-5-3-4-6-22(20)32-24/h3-6,13-17H,7-12H2,1-2H3. The fraction of sp³-hybridized carbons (Fsp3) is 0.440. The predicted octanol–water partition coefficient (Wildman–Crippen LogP) is 5.52. The number of likely N-dealkylation sites (tertiary alicyclic amines) is 1. The van der Waals surface area contributed by atoms with E-state index < -0.39 is 0 Å². The van der Waals surface area contributed by atoms with E-state index in [2.05, 4.69) is 37.1 Å². The van der Waals surface area contributed by atoms with Crippen molar-refractivity contribution in [3.63, 3.8) is 0 Å². The Morgan fingerprint density at radius 1 is 1.06 bits per heavy atom. The molecular weight excluding hydrogens is 418 g/mol. The first-order valence-corrected chi connectivity index (χ1v) is 12.4. The number of thiazole rings is 1. The molecule has 0 bridgehead atoms. The number of fused-ring (bicyclic) bond motifs is 2. The van der Waals surface area contributed by atoms with E-state index in [0.717, 1.165) is 66.6 Å². The second-order valence-electron chi connectivity index (χ2n) is 9.38. The SMILES string of the molecule is CC(C)n1ncc2c(C(=O)N3CCC(c4nc5ccccc5s4)CC3)cc(C3CC3)nc21. The topological polar surface area (TPSA) is 63.9 Å². The first kappa shape index (κ1) is 19.9. The molecule has 1 saturated heterocycles.